The SMILES string of the molecule is CCC1CC2C(=O)C(c3nc(C)cs3)=COC2CC1OCc1ccc(C)cc1. The largest absolute Gasteiger partial charge is 0.496 e. The lowest BCUT2D eigenvalue weighted by Gasteiger charge is -2.41. The number of rotatable bonds is 5. The first-order valence-electron chi connectivity index (χ1n) is 10.0. The predicted octanol–water partition coefficient (Wildman–Crippen LogP) is 5.09. The van der Waals surface area contributed by atoms with E-state index in [0.717, 1.165) is 30.0 Å². The first-order chi connectivity index (χ1) is 13.5. The average molecular weight is 398 g/mol. The molecule has 1 aliphatic heterocycles. The van der Waals surface area contributed by atoms with E-state index >= 15 is 0 Å². The van der Waals surface area contributed by atoms with E-state index in [0.29, 0.717) is 18.1 Å². The Hall–Kier alpha value is -1.98. The number of aryl methyl sites for hydroxylation is 2. The third-order valence-corrected chi connectivity index (χ3v) is 6.91. The topological polar surface area (TPSA) is 48.4 Å². The van der Waals surface area contributed by atoms with Crippen molar-refractivity contribution in [2.45, 2.75) is 58.8 Å². The van der Waals surface area contributed by atoms with Gasteiger partial charge < -0.3 is 9.47 Å². The van der Waals surface area contributed by atoms with E-state index in [9.17, 15) is 4.79 Å². The Kier molecular flexibility index (Phi) is 5.65. The zero-order valence-corrected chi connectivity index (χ0v) is 17.5. The van der Waals surface area contributed by atoms with Crippen LogP contribution in [-0.2, 0) is 20.9 Å². The van der Waals surface area contributed by atoms with Gasteiger partial charge >= 0.3 is 0 Å². The van der Waals surface area contributed by atoms with Gasteiger partial charge in [0.1, 0.15) is 11.1 Å². The maximum atomic E-state index is 13.1. The molecule has 0 spiro atoms. The molecule has 0 amide bonds. The smallest absolute Gasteiger partial charge is 0.175 e. The minimum Gasteiger partial charge on any atom is -0.496 e. The number of thiazole rings is 1. The normalized spacial score (nSPS) is 27.1. The second-order valence-electron chi connectivity index (χ2n) is 7.95. The first-order valence-corrected chi connectivity index (χ1v) is 10.9. The molecular weight excluding hydrogens is 370 g/mol. The molecule has 2 heterocycles. The van der Waals surface area contributed by atoms with Crippen LogP contribution < -0.4 is 0 Å². The Balaban J connectivity index is 1.46. The van der Waals surface area contributed by atoms with Crippen molar-refractivity contribution in [3.05, 3.63) is 57.7 Å². The number of fused-ring (bicyclic) bond motifs is 1. The molecule has 0 N–H and O–H groups in total. The molecule has 4 nitrogen and oxygen atoms in total. The number of hydrogen-bond acceptors (Lipinski definition) is 5. The minimum atomic E-state index is -0.0943. The van der Waals surface area contributed by atoms with Crippen molar-refractivity contribution < 1.29 is 14.3 Å². The van der Waals surface area contributed by atoms with Crippen LogP contribution in [0.5, 0.6) is 0 Å². The zero-order chi connectivity index (χ0) is 19.7. The van der Waals surface area contributed by atoms with E-state index < -0.39 is 0 Å². The highest BCUT2D eigenvalue weighted by Gasteiger charge is 2.44. The van der Waals surface area contributed by atoms with Gasteiger partial charge in [0.15, 0.2) is 5.78 Å². The van der Waals surface area contributed by atoms with Crippen LogP contribution in [0, 0.1) is 25.7 Å². The standard InChI is InChI=1S/C23H27NO3S/c1-4-17-9-18-21(10-20(17)26-11-16-7-5-14(2)6-8-16)27-12-19(22(18)25)23-24-15(3)13-28-23/h5-8,12-13,17-18,20-21H,4,9-11H2,1-3H3. The molecule has 0 radical (unpaired) electrons. The highest BCUT2D eigenvalue weighted by molar-refractivity contribution is 7.11. The van der Waals surface area contributed by atoms with Crippen molar-refractivity contribution in [1.29, 1.82) is 0 Å². The van der Waals surface area contributed by atoms with E-state index in [-0.39, 0.29) is 23.9 Å². The Labute approximate surface area is 170 Å². The van der Waals surface area contributed by atoms with Gasteiger partial charge in [-0.3, -0.25) is 4.79 Å². The molecule has 2 aromatic rings. The van der Waals surface area contributed by atoms with E-state index in [2.05, 4.69) is 43.1 Å². The van der Waals surface area contributed by atoms with Gasteiger partial charge in [0.05, 0.1) is 30.5 Å². The van der Waals surface area contributed by atoms with Gasteiger partial charge in [-0.15, -0.1) is 11.3 Å². The Morgan fingerprint density at radius 3 is 2.68 bits per heavy atom. The van der Waals surface area contributed by atoms with E-state index in [1.54, 1.807) is 6.26 Å². The summed E-state index contributed by atoms with van der Waals surface area (Å²) in [6.45, 7) is 6.82. The van der Waals surface area contributed by atoms with Crippen molar-refractivity contribution in [2.24, 2.45) is 11.8 Å². The van der Waals surface area contributed by atoms with Crippen molar-refractivity contribution in [1.82, 2.24) is 4.98 Å². The highest BCUT2D eigenvalue weighted by atomic mass is 32.1. The number of carbonyl (C=O) groups is 1. The van der Waals surface area contributed by atoms with Gasteiger partial charge in [-0.1, -0.05) is 43.2 Å². The van der Waals surface area contributed by atoms with Crippen LogP contribution in [0.1, 0.15) is 48.0 Å². The molecule has 5 heteroatoms. The van der Waals surface area contributed by atoms with Crippen LogP contribution in [0.3, 0.4) is 0 Å². The van der Waals surface area contributed by atoms with E-state index in [4.69, 9.17) is 9.47 Å². The number of hydrogen-bond donors (Lipinski definition) is 0. The third kappa shape index (κ3) is 3.91. The van der Waals surface area contributed by atoms with Crippen LogP contribution in [0.15, 0.2) is 35.9 Å². The molecule has 1 aliphatic carbocycles. The quantitative estimate of drug-likeness (QED) is 0.705. The fourth-order valence-corrected chi connectivity index (χ4v) is 5.02. The summed E-state index contributed by atoms with van der Waals surface area (Å²) in [5.41, 5.74) is 4.01. The second kappa shape index (κ2) is 8.18. The highest BCUT2D eigenvalue weighted by Crippen LogP contribution is 2.41. The number of ketones is 1. The molecule has 1 aromatic carbocycles. The maximum Gasteiger partial charge on any atom is 0.175 e. The zero-order valence-electron chi connectivity index (χ0n) is 16.7. The summed E-state index contributed by atoms with van der Waals surface area (Å²) in [6, 6.07) is 8.46. The Bertz CT molecular complexity index is 870. The van der Waals surface area contributed by atoms with Crippen molar-refractivity contribution in [3.63, 3.8) is 0 Å². The molecule has 1 saturated carbocycles. The fourth-order valence-electron chi connectivity index (χ4n) is 4.21. The van der Waals surface area contributed by atoms with Crippen LogP contribution >= 0.6 is 11.3 Å². The van der Waals surface area contributed by atoms with Gasteiger partial charge in [-0.25, -0.2) is 4.98 Å². The minimum absolute atomic E-state index is 0.0895. The second-order valence-corrected chi connectivity index (χ2v) is 8.80. The molecular formula is C23H27NO3S. The fraction of sp³-hybridized carbons (Fsp3) is 0.478. The molecule has 4 atom stereocenters. The van der Waals surface area contributed by atoms with Crippen LogP contribution in [0.2, 0.25) is 0 Å². The molecule has 148 valence electrons. The summed E-state index contributed by atoms with van der Waals surface area (Å²) in [5.74, 6) is 0.464. The first kappa shape index (κ1) is 19.3. The summed E-state index contributed by atoms with van der Waals surface area (Å²) in [6.07, 6.45) is 4.25. The Morgan fingerprint density at radius 1 is 1.21 bits per heavy atom. The van der Waals surface area contributed by atoms with Gasteiger partial charge in [0.2, 0.25) is 0 Å². The van der Waals surface area contributed by atoms with Crippen LogP contribution in [-0.4, -0.2) is 23.0 Å². The molecule has 1 fully saturated rings. The lowest BCUT2D eigenvalue weighted by molar-refractivity contribution is -0.133. The molecule has 4 unspecified atom stereocenters. The number of carbonyl (C=O) groups excluding carboxylic acids is 1. The lowest BCUT2D eigenvalue weighted by Crippen LogP contribution is -2.45. The van der Waals surface area contributed by atoms with Crippen molar-refractivity contribution in [3.8, 4) is 0 Å². The Morgan fingerprint density at radius 2 is 2.00 bits per heavy atom. The maximum absolute atomic E-state index is 13.1. The number of benzene rings is 1. The number of aromatic nitrogens is 1. The molecule has 1 aromatic heterocycles. The summed E-state index contributed by atoms with van der Waals surface area (Å²) < 4.78 is 12.3. The summed E-state index contributed by atoms with van der Waals surface area (Å²) >= 11 is 1.51. The molecule has 0 saturated heterocycles. The van der Waals surface area contributed by atoms with E-state index in [1.165, 1.54) is 22.5 Å². The monoisotopic (exact) mass is 397 g/mol. The van der Waals surface area contributed by atoms with Crippen LogP contribution in [0.4, 0.5) is 0 Å². The van der Waals surface area contributed by atoms with Crippen LogP contribution in [0.25, 0.3) is 5.57 Å². The molecule has 28 heavy (non-hydrogen) atoms. The van der Waals surface area contributed by atoms with Gasteiger partial charge in [-0.05, 0) is 31.7 Å². The van der Waals surface area contributed by atoms with E-state index in [1.807, 2.05) is 12.3 Å². The molecule has 0 bridgehead atoms. The summed E-state index contributed by atoms with van der Waals surface area (Å²) in [7, 11) is 0. The van der Waals surface area contributed by atoms with Gasteiger partial charge in [0, 0.05) is 17.5 Å². The number of Topliss-reactive ketones (excluding diaryl/α,β-unsaturated/α-hetero) is 1. The predicted molar refractivity (Wildman–Crippen MR) is 111 cm³/mol. The number of ether oxygens (including phenoxy) is 2. The average Bonchev–Trinajstić information content (AvgIpc) is 3.13. The van der Waals surface area contributed by atoms with Crippen molar-refractivity contribution in [2.75, 3.05) is 0 Å². The van der Waals surface area contributed by atoms with Gasteiger partial charge in [-0.2, -0.15) is 0 Å². The van der Waals surface area contributed by atoms with Crippen molar-refractivity contribution >= 4 is 22.7 Å². The third-order valence-electron chi connectivity index (χ3n) is 5.92. The molecule has 4 rings (SSSR count). The molecule has 2 aliphatic rings. The number of nitrogens with zero attached hydrogens (tertiary/aromatic N) is 1. The summed E-state index contributed by atoms with van der Waals surface area (Å²) in [4.78, 5) is 17.6. The summed E-state index contributed by atoms with van der Waals surface area (Å²) in [5, 5.41) is 2.74. The number of allylic oxidation sites excluding steroid dienone is 1. The van der Waals surface area contributed by atoms with Gasteiger partial charge in [0.25, 0.3) is 0 Å². The lowest BCUT2D eigenvalue weighted by atomic mass is 9.72.